The Kier molecular flexibility index (Phi) is 3.13. The largest absolute Gasteiger partial charge is 0.325 e. The molecule has 2 N–H and O–H groups in total. The van der Waals surface area contributed by atoms with Crippen molar-refractivity contribution in [2.24, 2.45) is 0 Å². The molecule has 3 rings (SSSR count). The molecule has 3 aromatic rings. The van der Waals surface area contributed by atoms with E-state index in [2.05, 4.69) is 15.2 Å². The molecular formula is C16H12N4O. The lowest BCUT2D eigenvalue weighted by atomic mass is 9.98. The van der Waals surface area contributed by atoms with E-state index >= 15 is 0 Å². The molecule has 1 aromatic carbocycles. The molecule has 0 fully saturated rings. The molecule has 0 aliphatic rings. The zero-order chi connectivity index (χ0) is 14.8. The first-order valence-electron chi connectivity index (χ1n) is 6.42. The number of aryl methyl sites for hydroxylation is 1. The molecule has 2 aromatic heterocycles. The normalized spacial score (nSPS) is 10.3. The van der Waals surface area contributed by atoms with E-state index in [0.717, 1.165) is 22.4 Å². The summed E-state index contributed by atoms with van der Waals surface area (Å²) in [6.07, 6.45) is 3.53. The highest BCUT2D eigenvalue weighted by atomic mass is 16.1. The van der Waals surface area contributed by atoms with Gasteiger partial charge < -0.3 is 4.98 Å². The molecule has 102 valence electrons. The van der Waals surface area contributed by atoms with Crippen molar-refractivity contribution in [3.63, 3.8) is 0 Å². The number of aromatic amines is 2. The molecule has 0 spiro atoms. The Hall–Kier alpha value is -3.13. The number of rotatable bonds is 2. The second-order valence-electron chi connectivity index (χ2n) is 4.75. The van der Waals surface area contributed by atoms with Gasteiger partial charge in [0.15, 0.2) is 0 Å². The van der Waals surface area contributed by atoms with Gasteiger partial charge in [-0.2, -0.15) is 10.4 Å². The van der Waals surface area contributed by atoms with Gasteiger partial charge in [0, 0.05) is 23.0 Å². The van der Waals surface area contributed by atoms with Crippen LogP contribution in [0.5, 0.6) is 0 Å². The van der Waals surface area contributed by atoms with Crippen molar-refractivity contribution in [2.45, 2.75) is 6.92 Å². The van der Waals surface area contributed by atoms with Crippen LogP contribution in [-0.2, 0) is 0 Å². The van der Waals surface area contributed by atoms with E-state index in [1.165, 1.54) is 0 Å². The number of H-pyrrole nitrogens is 2. The maximum absolute atomic E-state index is 11.9. The molecule has 0 amide bonds. The van der Waals surface area contributed by atoms with Crippen molar-refractivity contribution < 1.29 is 0 Å². The van der Waals surface area contributed by atoms with Crippen LogP contribution in [0.3, 0.4) is 0 Å². The standard InChI is InChI=1S/C16H12N4O/c1-10-5-14(15(7-17)16(21)20-10)12-4-2-3-11(6-12)13-8-18-19-9-13/h2-6,8-9H,1H3,(H,18,19)(H,20,21). The number of hydrogen-bond donors (Lipinski definition) is 2. The van der Waals surface area contributed by atoms with Crippen molar-refractivity contribution in [1.82, 2.24) is 15.2 Å². The van der Waals surface area contributed by atoms with Gasteiger partial charge in [0.1, 0.15) is 11.6 Å². The van der Waals surface area contributed by atoms with Crippen LogP contribution in [0, 0.1) is 18.3 Å². The molecule has 0 atom stereocenters. The number of benzene rings is 1. The minimum absolute atomic E-state index is 0.130. The van der Waals surface area contributed by atoms with Gasteiger partial charge in [0.25, 0.3) is 5.56 Å². The summed E-state index contributed by atoms with van der Waals surface area (Å²) in [6.45, 7) is 1.80. The quantitative estimate of drug-likeness (QED) is 0.754. The number of nitrogens with zero attached hydrogens (tertiary/aromatic N) is 2. The highest BCUT2D eigenvalue weighted by Crippen LogP contribution is 2.27. The summed E-state index contributed by atoms with van der Waals surface area (Å²) in [6, 6.07) is 11.5. The predicted octanol–water partition coefficient (Wildman–Crippen LogP) is 2.61. The second-order valence-corrected chi connectivity index (χ2v) is 4.75. The monoisotopic (exact) mass is 276 g/mol. The number of hydrogen-bond acceptors (Lipinski definition) is 3. The summed E-state index contributed by atoms with van der Waals surface area (Å²) in [5.41, 5.74) is 3.90. The molecule has 0 aliphatic heterocycles. The molecule has 5 heteroatoms. The smallest absolute Gasteiger partial charge is 0.266 e. The Morgan fingerprint density at radius 2 is 2.00 bits per heavy atom. The highest BCUT2D eigenvalue weighted by Gasteiger charge is 2.11. The Labute approximate surface area is 120 Å². The third kappa shape index (κ3) is 2.35. The van der Waals surface area contributed by atoms with Gasteiger partial charge in [-0.1, -0.05) is 18.2 Å². The lowest BCUT2D eigenvalue weighted by Crippen LogP contribution is -2.12. The van der Waals surface area contributed by atoms with Crippen molar-refractivity contribution in [3.8, 4) is 28.3 Å². The Balaban J connectivity index is 2.21. The van der Waals surface area contributed by atoms with E-state index in [4.69, 9.17) is 0 Å². The van der Waals surface area contributed by atoms with Crippen LogP contribution in [0.15, 0.2) is 47.5 Å². The SMILES string of the molecule is Cc1cc(-c2cccc(-c3cn[nH]c3)c2)c(C#N)c(=O)[nH]1. The average Bonchev–Trinajstić information content (AvgIpc) is 3.01. The fourth-order valence-electron chi connectivity index (χ4n) is 2.30. The van der Waals surface area contributed by atoms with Crippen LogP contribution in [0.4, 0.5) is 0 Å². The highest BCUT2D eigenvalue weighted by molar-refractivity contribution is 5.75. The first-order valence-corrected chi connectivity index (χ1v) is 6.42. The first kappa shape index (κ1) is 12.9. The summed E-state index contributed by atoms with van der Waals surface area (Å²) in [5.74, 6) is 0. The third-order valence-electron chi connectivity index (χ3n) is 3.28. The van der Waals surface area contributed by atoms with E-state index < -0.39 is 0 Å². The summed E-state index contributed by atoms with van der Waals surface area (Å²) >= 11 is 0. The number of nitriles is 1. The van der Waals surface area contributed by atoms with Crippen molar-refractivity contribution in [1.29, 1.82) is 5.26 Å². The van der Waals surface area contributed by atoms with E-state index in [1.807, 2.05) is 36.4 Å². The van der Waals surface area contributed by atoms with Gasteiger partial charge in [0.05, 0.1) is 6.20 Å². The Morgan fingerprint density at radius 1 is 1.19 bits per heavy atom. The van der Waals surface area contributed by atoms with Gasteiger partial charge in [-0.3, -0.25) is 9.89 Å². The van der Waals surface area contributed by atoms with Crippen LogP contribution in [0.25, 0.3) is 22.3 Å². The molecule has 0 aliphatic carbocycles. The van der Waals surface area contributed by atoms with Crippen LogP contribution in [0.2, 0.25) is 0 Å². The molecule has 2 heterocycles. The van der Waals surface area contributed by atoms with E-state index in [9.17, 15) is 10.1 Å². The maximum atomic E-state index is 11.9. The molecule has 0 saturated heterocycles. The fourth-order valence-corrected chi connectivity index (χ4v) is 2.30. The molecule has 21 heavy (non-hydrogen) atoms. The van der Waals surface area contributed by atoms with Gasteiger partial charge in [-0.05, 0) is 30.2 Å². The lowest BCUT2D eigenvalue weighted by molar-refractivity contribution is 1.09. The Bertz CT molecular complexity index is 885. The number of pyridine rings is 1. The first-order chi connectivity index (χ1) is 10.2. The van der Waals surface area contributed by atoms with Gasteiger partial charge in [-0.15, -0.1) is 0 Å². The van der Waals surface area contributed by atoms with E-state index in [-0.39, 0.29) is 11.1 Å². The minimum atomic E-state index is -0.360. The van der Waals surface area contributed by atoms with Crippen molar-refractivity contribution in [3.05, 3.63) is 64.3 Å². The van der Waals surface area contributed by atoms with Crippen LogP contribution in [-0.4, -0.2) is 15.2 Å². The molecule has 5 nitrogen and oxygen atoms in total. The average molecular weight is 276 g/mol. The van der Waals surface area contributed by atoms with Crippen LogP contribution in [0.1, 0.15) is 11.3 Å². The van der Waals surface area contributed by atoms with Gasteiger partial charge >= 0.3 is 0 Å². The van der Waals surface area contributed by atoms with Gasteiger partial charge in [0.2, 0.25) is 0 Å². The summed E-state index contributed by atoms with van der Waals surface area (Å²) in [7, 11) is 0. The third-order valence-corrected chi connectivity index (χ3v) is 3.28. The second kappa shape index (κ2) is 5.10. The minimum Gasteiger partial charge on any atom is -0.325 e. The maximum Gasteiger partial charge on any atom is 0.266 e. The molecule has 0 radical (unpaired) electrons. The van der Waals surface area contributed by atoms with Gasteiger partial charge in [-0.25, -0.2) is 0 Å². The number of nitrogens with one attached hydrogen (secondary N) is 2. The predicted molar refractivity (Wildman–Crippen MR) is 79.5 cm³/mol. The molecule has 0 bridgehead atoms. The zero-order valence-corrected chi connectivity index (χ0v) is 11.3. The topological polar surface area (TPSA) is 85.3 Å². The van der Waals surface area contributed by atoms with E-state index in [1.54, 1.807) is 19.3 Å². The summed E-state index contributed by atoms with van der Waals surface area (Å²) in [4.78, 5) is 14.5. The lowest BCUT2D eigenvalue weighted by Gasteiger charge is -2.07. The van der Waals surface area contributed by atoms with Crippen molar-refractivity contribution in [2.75, 3.05) is 0 Å². The molecule has 0 unspecified atom stereocenters. The zero-order valence-electron chi connectivity index (χ0n) is 11.3. The summed E-state index contributed by atoms with van der Waals surface area (Å²) in [5, 5.41) is 15.9. The summed E-state index contributed by atoms with van der Waals surface area (Å²) < 4.78 is 0. The fraction of sp³-hybridized carbons (Fsp3) is 0.0625. The molecular weight excluding hydrogens is 264 g/mol. The number of aromatic nitrogens is 3. The van der Waals surface area contributed by atoms with Crippen molar-refractivity contribution >= 4 is 0 Å². The Morgan fingerprint density at radius 3 is 2.71 bits per heavy atom. The van der Waals surface area contributed by atoms with Crippen LogP contribution < -0.4 is 5.56 Å². The molecule has 0 saturated carbocycles. The van der Waals surface area contributed by atoms with Crippen LogP contribution >= 0.6 is 0 Å². The van der Waals surface area contributed by atoms with E-state index in [0.29, 0.717) is 5.56 Å².